The normalized spacial score (nSPS) is 29.7. The monoisotopic (exact) mass is 267 g/mol. The number of nitrogens with one attached hydrogen (secondary N) is 2. The number of rotatable bonds is 4. The Kier molecular flexibility index (Phi) is 6.11. The number of hydrogen-bond donors (Lipinski definition) is 2. The molecule has 1 heterocycles. The van der Waals surface area contributed by atoms with Gasteiger partial charge in [0.05, 0.1) is 6.54 Å². The van der Waals surface area contributed by atoms with Crippen molar-refractivity contribution in [2.24, 2.45) is 5.92 Å². The van der Waals surface area contributed by atoms with Crippen LogP contribution in [0.4, 0.5) is 0 Å². The van der Waals surface area contributed by atoms with Crippen LogP contribution in [0.1, 0.15) is 45.4 Å². The van der Waals surface area contributed by atoms with Gasteiger partial charge in [0, 0.05) is 19.1 Å². The Balaban J connectivity index is 1.66. The third-order valence-electron chi connectivity index (χ3n) is 4.59. The average molecular weight is 267 g/mol. The van der Waals surface area contributed by atoms with Crippen LogP contribution >= 0.6 is 0 Å². The topological polar surface area (TPSA) is 44.4 Å². The molecule has 0 aromatic carbocycles. The maximum atomic E-state index is 12.1. The summed E-state index contributed by atoms with van der Waals surface area (Å²) < 4.78 is 0. The molecule has 0 aromatic heterocycles. The first-order valence-corrected chi connectivity index (χ1v) is 8.00. The third-order valence-corrected chi connectivity index (χ3v) is 4.59. The second-order valence-corrected chi connectivity index (χ2v) is 6.07. The molecule has 0 radical (unpaired) electrons. The SMILES string of the molecule is CCC1CCC(NC(=O)CN2CCCNCC2)CC1. The van der Waals surface area contributed by atoms with Crippen molar-refractivity contribution in [3.05, 3.63) is 0 Å². The molecule has 0 atom stereocenters. The van der Waals surface area contributed by atoms with Gasteiger partial charge in [-0.05, 0) is 51.1 Å². The second kappa shape index (κ2) is 7.85. The van der Waals surface area contributed by atoms with E-state index in [1.54, 1.807) is 0 Å². The maximum absolute atomic E-state index is 12.1. The van der Waals surface area contributed by atoms with Gasteiger partial charge in [-0.15, -0.1) is 0 Å². The lowest BCUT2D eigenvalue weighted by Gasteiger charge is -2.29. The van der Waals surface area contributed by atoms with Crippen molar-refractivity contribution in [2.75, 3.05) is 32.7 Å². The Morgan fingerprint density at radius 1 is 1.21 bits per heavy atom. The lowest BCUT2D eigenvalue weighted by Crippen LogP contribution is -2.44. The van der Waals surface area contributed by atoms with Gasteiger partial charge in [0.25, 0.3) is 0 Å². The predicted molar refractivity (Wildman–Crippen MR) is 78.1 cm³/mol. The molecule has 1 saturated carbocycles. The first kappa shape index (κ1) is 14.8. The molecule has 2 fully saturated rings. The van der Waals surface area contributed by atoms with Gasteiger partial charge in [0.15, 0.2) is 0 Å². The average Bonchev–Trinajstić information content (AvgIpc) is 2.68. The van der Waals surface area contributed by atoms with Crippen molar-refractivity contribution in [1.82, 2.24) is 15.5 Å². The molecule has 0 unspecified atom stereocenters. The van der Waals surface area contributed by atoms with Crippen molar-refractivity contribution in [1.29, 1.82) is 0 Å². The van der Waals surface area contributed by atoms with E-state index in [2.05, 4.69) is 22.5 Å². The Morgan fingerprint density at radius 3 is 2.74 bits per heavy atom. The van der Waals surface area contributed by atoms with E-state index in [0.29, 0.717) is 12.6 Å². The van der Waals surface area contributed by atoms with Gasteiger partial charge in [0.2, 0.25) is 5.91 Å². The van der Waals surface area contributed by atoms with E-state index in [0.717, 1.165) is 38.5 Å². The molecule has 1 aliphatic carbocycles. The molecular formula is C15H29N3O. The van der Waals surface area contributed by atoms with E-state index >= 15 is 0 Å². The second-order valence-electron chi connectivity index (χ2n) is 6.07. The third kappa shape index (κ3) is 5.11. The van der Waals surface area contributed by atoms with Gasteiger partial charge in [-0.3, -0.25) is 9.69 Å². The Hall–Kier alpha value is -0.610. The molecule has 1 aliphatic heterocycles. The number of amides is 1. The summed E-state index contributed by atoms with van der Waals surface area (Å²) in [7, 11) is 0. The summed E-state index contributed by atoms with van der Waals surface area (Å²) in [5, 5.41) is 6.60. The van der Waals surface area contributed by atoms with E-state index in [1.165, 1.54) is 32.1 Å². The number of hydrogen-bond acceptors (Lipinski definition) is 3. The van der Waals surface area contributed by atoms with Crippen LogP contribution < -0.4 is 10.6 Å². The standard InChI is InChI=1S/C15H29N3O/c1-2-13-4-6-14(7-5-13)17-15(19)12-18-10-3-8-16-9-11-18/h13-14,16H,2-12H2,1H3,(H,17,19). The molecular weight excluding hydrogens is 238 g/mol. The zero-order valence-corrected chi connectivity index (χ0v) is 12.3. The number of nitrogens with zero attached hydrogens (tertiary/aromatic N) is 1. The highest BCUT2D eigenvalue weighted by atomic mass is 16.2. The van der Waals surface area contributed by atoms with Crippen LogP contribution in [0, 0.1) is 5.92 Å². The molecule has 0 aromatic rings. The Morgan fingerprint density at radius 2 is 2.00 bits per heavy atom. The van der Waals surface area contributed by atoms with E-state index in [9.17, 15) is 4.79 Å². The van der Waals surface area contributed by atoms with Gasteiger partial charge in [-0.25, -0.2) is 0 Å². The van der Waals surface area contributed by atoms with Gasteiger partial charge < -0.3 is 10.6 Å². The fourth-order valence-electron chi connectivity index (χ4n) is 3.25. The van der Waals surface area contributed by atoms with Gasteiger partial charge in [-0.1, -0.05) is 13.3 Å². The molecule has 2 N–H and O–H groups in total. The summed E-state index contributed by atoms with van der Waals surface area (Å²) in [6.07, 6.45) is 7.36. The predicted octanol–water partition coefficient (Wildman–Crippen LogP) is 1.37. The smallest absolute Gasteiger partial charge is 0.234 e. The first-order chi connectivity index (χ1) is 9.28. The highest BCUT2D eigenvalue weighted by Gasteiger charge is 2.22. The highest BCUT2D eigenvalue weighted by Crippen LogP contribution is 2.26. The Bertz CT molecular complexity index is 267. The zero-order valence-electron chi connectivity index (χ0n) is 12.3. The molecule has 1 amide bonds. The maximum Gasteiger partial charge on any atom is 0.234 e. The van der Waals surface area contributed by atoms with Crippen LogP contribution in [0.3, 0.4) is 0 Å². The summed E-state index contributed by atoms with van der Waals surface area (Å²) in [4.78, 5) is 14.3. The van der Waals surface area contributed by atoms with Crippen molar-refractivity contribution < 1.29 is 4.79 Å². The van der Waals surface area contributed by atoms with Crippen LogP contribution in [-0.2, 0) is 4.79 Å². The van der Waals surface area contributed by atoms with E-state index in [-0.39, 0.29) is 5.91 Å². The largest absolute Gasteiger partial charge is 0.352 e. The van der Waals surface area contributed by atoms with Crippen LogP contribution in [0.5, 0.6) is 0 Å². The van der Waals surface area contributed by atoms with Crippen molar-refractivity contribution in [3.63, 3.8) is 0 Å². The van der Waals surface area contributed by atoms with Gasteiger partial charge >= 0.3 is 0 Å². The molecule has 2 rings (SSSR count). The van der Waals surface area contributed by atoms with E-state index in [4.69, 9.17) is 0 Å². The number of carbonyl (C=O) groups excluding carboxylic acids is 1. The van der Waals surface area contributed by atoms with Crippen LogP contribution in [-0.4, -0.2) is 49.6 Å². The minimum absolute atomic E-state index is 0.224. The Labute approximate surface area is 117 Å². The van der Waals surface area contributed by atoms with E-state index in [1.807, 2.05) is 0 Å². The molecule has 1 saturated heterocycles. The van der Waals surface area contributed by atoms with Crippen LogP contribution in [0.25, 0.3) is 0 Å². The molecule has 0 bridgehead atoms. The molecule has 19 heavy (non-hydrogen) atoms. The molecule has 2 aliphatic rings. The number of carbonyl (C=O) groups is 1. The summed E-state index contributed by atoms with van der Waals surface area (Å²) in [6, 6.07) is 0.431. The summed E-state index contributed by atoms with van der Waals surface area (Å²) in [6.45, 7) is 6.99. The van der Waals surface area contributed by atoms with Gasteiger partial charge in [-0.2, -0.15) is 0 Å². The molecule has 4 heteroatoms. The molecule has 0 spiro atoms. The van der Waals surface area contributed by atoms with Crippen molar-refractivity contribution >= 4 is 5.91 Å². The summed E-state index contributed by atoms with van der Waals surface area (Å²) in [5.74, 6) is 1.12. The van der Waals surface area contributed by atoms with Gasteiger partial charge in [0.1, 0.15) is 0 Å². The van der Waals surface area contributed by atoms with Crippen molar-refractivity contribution in [3.8, 4) is 0 Å². The molecule has 4 nitrogen and oxygen atoms in total. The summed E-state index contributed by atoms with van der Waals surface area (Å²) >= 11 is 0. The van der Waals surface area contributed by atoms with Crippen molar-refractivity contribution in [2.45, 2.75) is 51.5 Å². The fourth-order valence-corrected chi connectivity index (χ4v) is 3.25. The minimum Gasteiger partial charge on any atom is -0.352 e. The van der Waals surface area contributed by atoms with Crippen LogP contribution in [0.2, 0.25) is 0 Å². The van der Waals surface area contributed by atoms with E-state index < -0.39 is 0 Å². The highest BCUT2D eigenvalue weighted by molar-refractivity contribution is 5.78. The lowest BCUT2D eigenvalue weighted by molar-refractivity contribution is -0.123. The summed E-state index contributed by atoms with van der Waals surface area (Å²) in [5.41, 5.74) is 0. The van der Waals surface area contributed by atoms with Crippen LogP contribution in [0.15, 0.2) is 0 Å². The first-order valence-electron chi connectivity index (χ1n) is 8.00. The quantitative estimate of drug-likeness (QED) is 0.808. The lowest BCUT2D eigenvalue weighted by atomic mass is 9.84. The minimum atomic E-state index is 0.224. The zero-order chi connectivity index (χ0) is 13.5. The molecule has 110 valence electrons. The fraction of sp³-hybridized carbons (Fsp3) is 0.933.